The Morgan fingerprint density at radius 2 is 2.12 bits per heavy atom. The van der Waals surface area contributed by atoms with E-state index in [0.717, 1.165) is 19.3 Å². The monoisotopic (exact) mass is 187 g/mol. The van der Waals surface area contributed by atoms with E-state index in [-0.39, 0.29) is 23.1 Å². The molecule has 0 bridgehead atoms. The van der Waals surface area contributed by atoms with Crippen LogP contribution in [0.5, 0.6) is 0 Å². The number of rotatable bonds is 3. The molecular formula is C5H9OV2. The zero-order valence-corrected chi connectivity index (χ0v) is 7.72. The zero-order chi connectivity index (χ0) is 5.70. The van der Waals surface area contributed by atoms with Gasteiger partial charge in [0, 0.05) is 18.6 Å². The van der Waals surface area contributed by atoms with Gasteiger partial charge in [0.25, 0.3) is 0 Å². The average molecular weight is 187 g/mol. The number of unbranched alkanes of at least 4 members (excludes halogenated alkanes) is 1. The largest absolute Gasteiger partial charge is 0 e. The SMILES string of the molecule is CCCC[C](=O)[V].[V]. The molecule has 0 atom stereocenters. The second kappa shape index (κ2) is 7.84. The van der Waals surface area contributed by atoms with Crippen LogP contribution in [0.2, 0.25) is 0 Å². The Hall–Kier alpha value is 0.839. The van der Waals surface area contributed by atoms with Crippen LogP contribution in [0.4, 0.5) is 0 Å². The fourth-order valence-corrected chi connectivity index (χ4v) is 0.575. The molecule has 0 unspecified atom stereocenters. The average Bonchev–Trinajstić information content (AvgIpc) is 1.61. The fourth-order valence-electron chi connectivity index (χ4n) is 0.328. The van der Waals surface area contributed by atoms with Crippen molar-refractivity contribution in [2.24, 2.45) is 0 Å². The maximum absolute atomic E-state index is 10.2. The van der Waals surface area contributed by atoms with Gasteiger partial charge in [-0.15, -0.1) is 0 Å². The van der Waals surface area contributed by atoms with E-state index in [4.69, 9.17) is 0 Å². The van der Waals surface area contributed by atoms with Gasteiger partial charge in [-0.25, -0.2) is 0 Å². The first-order valence-electron chi connectivity index (χ1n) is 2.49. The molecule has 0 aliphatic heterocycles. The molecule has 0 N–H and O–H groups in total. The molecule has 0 heterocycles. The standard InChI is InChI=1S/C5H9O.2V/c1-2-3-4-5-6;;/h2-4H2,1H3;;. The minimum atomic E-state index is 0. The summed E-state index contributed by atoms with van der Waals surface area (Å²) in [6, 6.07) is 0. The number of hydrogen-bond donors (Lipinski definition) is 0. The predicted molar refractivity (Wildman–Crippen MR) is 24.5 cm³/mol. The number of hydrogen-bond acceptors (Lipinski definition) is 1. The summed E-state index contributed by atoms with van der Waals surface area (Å²) in [6.07, 6.45) is 2.88. The van der Waals surface area contributed by atoms with E-state index < -0.39 is 0 Å². The summed E-state index contributed by atoms with van der Waals surface area (Å²) < 4.78 is 0.245. The molecular weight excluding hydrogens is 178 g/mol. The Labute approximate surface area is 71.5 Å². The second-order valence-electron chi connectivity index (χ2n) is 1.50. The van der Waals surface area contributed by atoms with Gasteiger partial charge in [-0.2, -0.15) is 0 Å². The summed E-state index contributed by atoms with van der Waals surface area (Å²) in [6.45, 7) is 2.08. The molecule has 0 spiro atoms. The van der Waals surface area contributed by atoms with Gasteiger partial charge in [0.2, 0.25) is 0 Å². The van der Waals surface area contributed by atoms with E-state index >= 15 is 0 Å². The molecule has 3 heteroatoms. The molecule has 45 valence electrons. The Bertz CT molecular complexity index is 63.4. The summed E-state index contributed by atoms with van der Waals surface area (Å²) in [7, 11) is 0. The first kappa shape index (κ1) is 11.6. The Morgan fingerprint density at radius 1 is 1.62 bits per heavy atom. The molecule has 0 fully saturated rings. The van der Waals surface area contributed by atoms with E-state index in [1.165, 1.54) is 0 Å². The van der Waals surface area contributed by atoms with Crippen molar-refractivity contribution in [1.82, 2.24) is 0 Å². The van der Waals surface area contributed by atoms with Crippen LogP contribution in [-0.2, 0) is 40.8 Å². The molecule has 0 aliphatic carbocycles. The van der Waals surface area contributed by atoms with Crippen molar-refractivity contribution < 1.29 is 40.8 Å². The minimum Gasteiger partial charge on any atom is 0 e. The summed E-state index contributed by atoms with van der Waals surface area (Å²) in [5, 5.41) is 0. The summed E-state index contributed by atoms with van der Waals surface area (Å²) >= 11 is 2.04. The maximum Gasteiger partial charge on any atom is 0 e. The van der Waals surface area contributed by atoms with Crippen molar-refractivity contribution in [2.75, 3.05) is 0 Å². The molecule has 0 saturated heterocycles. The van der Waals surface area contributed by atoms with Gasteiger partial charge in [0.1, 0.15) is 0 Å². The third-order valence-corrected chi connectivity index (χ3v) is 1.09. The first-order chi connectivity index (χ1) is 3.27. The van der Waals surface area contributed by atoms with Crippen molar-refractivity contribution in [3.63, 3.8) is 0 Å². The number of carbonyl (C=O) groups is 1. The number of carbonyl (C=O) groups excluding carboxylic acids is 1. The molecule has 0 aromatic carbocycles. The molecule has 0 aliphatic rings. The van der Waals surface area contributed by atoms with Crippen molar-refractivity contribution in [3.05, 3.63) is 0 Å². The van der Waals surface area contributed by atoms with Gasteiger partial charge >= 0.3 is 52.9 Å². The van der Waals surface area contributed by atoms with Crippen molar-refractivity contribution in [2.45, 2.75) is 26.2 Å². The normalized spacial score (nSPS) is 7.62. The molecule has 0 aromatic heterocycles. The van der Waals surface area contributed by atoms with Crippen LogP contribution in [0.3, 0.4) is 0 Å². The maximum atomic E-state index is 10.2. The molecule has 0 rings (SSSR count). The van der Waals surface area contributed by atoms with Gasteiger partial charge < -0.3 is 0 Å². The zero-order valence-electron chi connectivity index (χ0n) is 4.92. The van der Waals surface area contributed by atoms with Gasteiger partial charge in [0.15, 0.2) is 0 Å². The van der Waals surface area contributed by atoms with Crippen LogP contribution < -0.4 is 0 Å². The van der Waals surface area contributed by atoms with Gasteiger partial charge in [-0.1, -0.05) is 0 Å². The van der Waals surface area contributed by atoms with E-state index in [9.17, 15) is 4.79 Å². The van der Waals surface area contributed by atoms with Gasteiger partial charge in [-0.05, 0) is 0 Å². The summed E-state index contributed by atoms with van der Waals surface area (Å²) in [4.78, 5) is 10.2. The van der Waals surface area contributed by atoms with Crippen molar-refractivity contribution >= 4 is 4.49 Å². The van der Waals surface area contributed by atoms with E-state index in [2.05, 4.69) is 6.92 Å². The van der Waals surface area contributed by atoms with Crippen LogP contribution in [-0.4, -0.2) is 4.49 Å². The van der Waals surface area contributed by atoms with Gasteiger partial charge in [-0.3, -0.25) is 0 Å². The molecule has 1 radical (unpaired) electrons. The van der Waals surface area contributed by atoms with E-state index in [1.54, 1.807) is 0 Å². The van der Waals surface area contributed by atoms with Gasteiger partial charge in [0.05, 0.1) is 0 Å². The van der Waals surface area contributed by atoms with E-state index in [1.807, 2.05) is 17.4 Å². The molecule has 0 aromatic rings. The Morgan fingerprint density at radius 3 is 2.25 bits per heavy atom. The smallest absolute Gasteiger partial charge is 0 e. The third-order valence-electron chi connectivity index (χ3n) is 0.744. The third kappa shape index (κ3) is 9.96. The quantitative estimate of drug-likeness (QED) is 0.649. The van der Waals surface area contributed by atoms with Crippen LogP contribution >= 0.6 is 0 Å². The Kier molecular flexibility index (Phi) is 11.4. The second-order valence-corrected chi connectivity index (χ2v) is 2.28. The summed E-state index contributed by atoms with van der Waals surface area (Å²) in [5.41, 5.74) is 0. The van der Waals surface area contributed by atoms with Crippen LogP contribution in [0, 0.1) is 0 Å². The molecule has 8 heavy (non-hydrogen) atoms. The minimum absolute atomic E-state index is 0. The van der Waals surface area contributed by atoms with E-state index in [0.29, 0.717) is 0 Å². The fraction of sp³-hybridized carbons (Fsp3) is 0.800. The van der Waals surface area contributed by atoms with Crippen LogP contribution in [0.1, 0.15) is 26.2 Å². The molecule has 0 amide bonds. The topological polar surface area (TPSA) is 17.1 Å². The first-order valence-corrected chi connectivity index (χ1v) is 3.19. The molecule has 0 saturated carbocycles. The van der Waals surface area contributed by atoms with Crippen LogP contribution in [0.25, 0.3) is 0 Å². The predicted octanol–water partition coefficient (Wildman–Crippen LogP) is 1.25. The van der Waals surface area contributed by atoms with Crippen molar-refractivity contribution in [3.8, 4) is 0 Å². The Balaban J connectivity index is 0. The molecule has 1 nitrogen and oxygen atoms in total. The van der Waals surface area contributed by atoms with Crippen LogP contribution in [0.15, 0.2) is 0 Å². The summed E-state index contributed by atoms with van der Waals surface area (Å²) in [5.74, 6) is 0. The van der Waals surface area contributed by atoms with Crippen molar-refractivity contribution in [1.29, 1.82) is 0 Å².